The Balaban J connectivity index is 1.72. The highest BCUT2D eigenvalue weighted by atomic mass is 16.5. The average molecular weight is 347 g/mol. The maximum absolute atomic E-state index is 12.4. The third-order valence-electron chi connectivity index (χ3n) is 5.01. The van der Waals surface area contributed by atoms with Gasteiger partial charge in [0, 0.05) is 37.4 Å². The van der Waals surface area contributed by atoms with Gasteiger partial charge in [0.1, 0.15) is 5.82 Å². The molecule has 0 aliphatic carbocycles. The molecule has 1 atom stereocenters. The zero-order valence-electron chi connectivity index (χ0n) is 15.2. The Kier molecular flexibility index (Phi) is 4.64. The Morgan fingerprint density at radius 2 is 2.00 bits per heavy atom. The van der Waals surface area contributed by atoms with Gasteiger partial charge in [0.2, 0.25) is 11.7 Å². The predicted octanol–water partition coefficient (Wildman–Crippen LogP) is 0.184. The molecule has 3 heterocycles. The number of aromatic nitrogens is 2. The number of nitrogens with one attached hydrogen (secondary N) is 2. The minimum absolute atomic E-state index is 0.0484. The largest absolute Gasteiger partial charge is 0.379 e. The molecule has 2 fully saturated rings. The van der Waals surface area contributed by atoms with E-state index in [-0.39, 0.29) is 23.7 Å². The number of nitrogens with zero attached hydrogens (tertiary/aromatic N) is 3. The number of amides is 2. The van der Waals surface area contributed by atoms with E-state index >= 15 is 0 Å². The molecule has 0 saturated carbocycles. The SMILES string of the molecule is CNC(=O)c1nc(C)c(C)c(N2CC[C@@H](NC(=O)C3(C)COC3)C2)n1. The van der Waals surface area contributed by atoms with Crippen LogP contribution in [0, 0.1) is 19.3 Å². The Labute approximate surface area is 147 Å². The van der Waals surface area contributed by atoms with E-state index in [0.29, 0.717) is 19.8 Å². The minimum Gasteiger partial charge on any atom is -0.379 e. The molecule has 25 heavy (non-hydrogen) atoms. The number of hydrogen-bond acceptors (Lipinski definition) is 6. The molecule has 0 radical (unpaired) electrons. The molecular weight excluding hydrogens is 322 g/mol. The molecule has 8 heteroatoms. The summed E-state index contributed by atoms with van der Waals surface area (Å²) in [4.78, 5) is 35.1. The van der Waals surface area contributed by atoms with Crippen LogP contribution in [0.25, 0.3) is 0 Å². The molecular formula is C17H25N5O3. The predicted molar refractivity (Wildman–Crippen MR) is 92.6 cm³/mol. The van der Waals surface area contributed by atoms with Gasteiger partial charge in [-0.1, -0.05) is 0 Å². The number of aryl methyl sites for hydroxylation is 1. The molecule has 0 bridgehead atoms. The molecule has 0 unspecified atom stereocenters. The highest BCUT2D eigenvalue weighted by Crippen LogP contribution is 2.28. The van der Waals surface area contributed by atoms with Crippen LogP contribution in [-0.4, -0.2) is 61.2 Å². The van der Waals surface area contributed by atoms with Gasteiger partial charge in [-0.2, -0.15) is 0 Å². The Bertz CT molecular complexity index is 702. The van der Waals surface area contributed by atoms with Crippen molar-refractivity contribution in [1.82, 2.24) is 20.6 Å². The van der Waals surface area contributed by atoms with Crippen molar-refractivity contribution >= 4 is 17.6 Å². The normalized spacial score (nSPS) is 21.6. The second kappa shape index (κ2) is 6.59. The third-order valence-corrected chi connectivity index (χ3v) is 5.01. The fourth-order valence-electron chi connectivity index (χ4n) is 3.10. The molecule has 0 aromatic carbocycles. The molecule has 1 aromatic heterocycles. The second-order valence-electron chi connectivity index (χ2n) is 7.12. The van der Waals surface area contributed by atoms with E-state index in [1.165, 1.54) is 0 Å². The summed E-state index contributed by atoms with van der Waals surface area (Å²) in [7, 11) is 1.56. The number of anilines is 1. The monoisotopic (exact) mass is 347 g/mol. The van der Waals surface area contributed by atoms with Crippen LogP contribution in [0.4, 0.5) is 5.82 Å². The maximum atomic E-state index is 12.4. The van der Waals surface area contributed by atoms with Crippen molar-refractivity contribution in [3.8, 4) is 0 Å². The highest BCUT2D eigenvalue weighted by molar-refractivity contribution is 5.90. The lowest BCUT2D eigenvalue weighted by molar-refractivity contribution is -0.158. The van der Waals surface area contributed by atoms with E-state index in [1.54, 1.807) is 7.05 Å². The summed E-state index contributed by atoms with van der Waals surface area (Å²) in [6.45, 7) is 8.17. The topological polar surface area (TPSA) is 96.5 Å². The van der Waals surface area contributed by atoms with Gasteiger partial charge in [0.15, 0.2) is 0 Å². The smallest absolute Gasteiger partial charge is 0.288 e. The summed E-state index contributed by atoms with van der Waals surface area (Å²) >= 11 is 0. The van der Waals surface area contributed by atoms with Crippen LogP contribution in [0.2, 0.25) is 0 Å². The lowest BCUT2D eigenvalue weighted by Crippen LogP contribution is -2.54. The zero-order valence-corrected chi connectivity index (χ0v) is 15.2. The van der Waals surface area contributed by atoms with Crippen LogP contribution in [-0.2, 0) is 9.53 Å². The first-order valence-electron chi connectivity index (χ1n) is 8.55. The molecule has 0 spiro atoms. The molecule has 3 rings (SSSR count). The van der Waals surface area contributed by atoms with Gasteiger partial charge in [0.25, 0.3) is 5.91 Å². The van der Waals surface area contributed by atoms with Crippen LogP contribution < -0.4 is 15.5 Å². The Morgan fingerprint density at radius 1 is 1.28 bits per heavy atom. The van der Waals surface area contributed by atoms with Crippen molar-refractivity contribution in [2.75, 3.05) is 38.3 Å². The highest BCUT2D eigenvalue weighted by Gasteiger charge is 2.42. The van der Waals surface area contributed by atoms with Crippen molar-refractivity contribution in [2.24, 2.45) is 5.41 Å². The Morgan fingerprint density at radius 3 is 2.60 bits per heavy atom. The lowest BCUT2D eigenvalue weighted by atomic mass is 9.87. The number of ether oxygens (including phenoxy) is 1. The number of rotatable bonds is 4. The first-order chi connectivity index (χ1) is 11.8. The van der Waals surface area contributed by atoms with E-state index < -0.39 is 5.41 Å². The number of carbonyl (C=O) groups is 2. The van der Waals surface area contributed by atoms with Crippen molar-refractivity contribution in [3.05, 3.63) is 17.1 Å². The van der Waals surface area contributed by atoms with E-state index in [9.17, 15) is 9.59 Å². The van der Waals surface area contributed by atoms with Crippen LogP contribution in [0.5, 0.6) is 0 Å². The summed E-state index contributed by atoms with van der Waals surface area (Å²) in [5.41, 5.74) is 1.34. The second-order valence-corrected chi connectivity index (χ2v) is 7.12. The van der Waals surface area contributed by atoms with Crippen molar-refractivity contribution in [1.29, 1.82) is 0 Å². The van der Waals surface area contributed by atoms with Gasteiger partial charge in [0.05, 0.1) is 18.6 Å². The first-order valence-corrected chi connectivity index (χ1v) is 8.55. The molecule has 2 aliphatic rings. The van der Waals surface area contributed by atoms with Gasteiger partial charge in [-0.05, 0) is 27.2 Å². The van der Waals surface area contributed by atoms with Crippen molar-refractivity contribution < 1.29 is 14.3 Å². The maximum Gasteiger partial charge on any atom is 0.288 e. The molecule has 136 valence electrons. The van der Waals surface area contributed by atoms with Crippen molar-refractivity contribution in [3.63, 3.8) is 0 Å². The summed E-state index contributed by atoms with van der Waals surface area (Å²) in [5.74, 6) is 0.687. The molecule has 2 amide bonds. The van der Waals surface area contributed by atoms with Crippen LogP contribution >= 0.6 is 0 Å². The van der Waals surface area contributed by atoms with Gasteiger partial charge in [-0.3, -0.25) is 9.59 Å². The minimum atomic E-state index is -0.402. The summed E-state index contributed by atoms with van der Waals surface area (Å²) < 4.78 is 5.16. The fraction of sp³-hybridized carbons (Fsp3) is 0.647. The quantitative estimate of drug-likeness (QED) is 0.807. The standard InChI is InChI=1S/C17H25N5O3/c1-10-11(2)19-13(15(23)18-4)21-14(10)22-6-5-12(7-22)20-16(24)17(3)8-25-9-17/h12H,5-9H2,1-4H3,(H,18,23)(H,20,24)/t12-/m1/s1. The van der Waals surface area contributed by atoms with Crippen LogP contribution in [0.3, 0.4) is 0 Å². The van der Waals surface area contributed by atoms with Crippen LogP contribution in [0.1, 0.15) is 35.2 Å². The summed E-state index contributed by atoms with van der Waals surface area (Å²) in [6.07, 6.45) is 0.848. The van der Waals surface area contributed by atoms with Gasteiger partial charge >= 0.3 is 0 Å². The van der Waals surface area contributed by atoms with Crippen molar-refractivity contribution in [2.45, 2.75) is 33.2 Å². The number of carbonyl (C=O) groups excluding carboxylic acids is 2. The van der Waals surface area contributed by atoms with E-state index in [1.807, 2.05) is 20.8 Å². The molecule has 2 aliphatic heterocycles. The van der Waals surface area contributed by atoms with Gasteiger partial charge < -0.3 is 20.3 Å². The molecule has 2 saturated heterocycles. The van der Waals surface area contributed by atoms with E-state index in [4.69, 9.17) is 4.74 Å². The Hall–Kier alpha value is -2.22. The molecule has 1 aromatic rings. The van der Waals surface area contributed by atoms with E-state index in [2.05, 4.69) is 25.5 Å². The zero-order chi connectivity index (χ0) is 18.2. The van der Waals surface area contributed by atoms with Gasteiger partial charge in [-0.25, -0.2) is 9.97 Å². The van der Waals surface area contributed by atoms with Gasteiger partial charge in [-0.15, -0.1) is 0 Å². The summed E-state index contributed by atoms with van der Waals surface area (Å²) in [5, 5.41) is 5.68. The van der Waals surface area contributed by atoms with Crippen LogP contribution in [0.15, 0.2) is 0 Å². The van der Waals surface area contributed by atoms with E-state index in [0.717, 1.165) is 30.0 Å². The molecule has 8 nitrogen and oxygen atoms in total. The first kappa shape index (κ1) is 17.6. The number of hydrogen-bond donors (Lipinski definition) is 2. The summed E-state index contributed by atoms with van der Waals surface area (Å²) in [6, 6.07) is 0.0723. The third kappa shape index (κ3) is 3.30. The average Bonchev–Trinajstić information content (AvgIpc) is 3.02. The lowest BCUT2D eigenvalue weighted by Gasteiger charge is -2.37. The fourth-order valence-corrected chi connectivity index (χ4v) is 3.10. The molecule has 2 N–H and O–H groups in total.